The highest BCUT2D eigenvalue weighted by molar-refractivity contribution is 9.10. The predicted octanol–water partition coefficient (Wildman–Crippen LogP) is 4.62. The number of hydrogen-bond acceptors (Lipinski definition) is 8. The quantitative estimate of drug-likeness (QED) is 0.181. The van der Waals surface area contributed by atoms with Gasteiger partial charge in [-0.1, -0.05) is 56.7 Å². The molecule has 0 atom stereocenters. The largest absolute Gasteiger partial charge is 0.490 e. The highest BCUT2D eigenvalue weighted by Gasteiger charge is 2.07. The van der Waals surface area contributed by atoms with Gasteiger partial charge in [0, 0.05) is 10.0 Å². The average Bonchev–Trinajstić information content (AvgIpc) is 3.17. The van der Waals surface area contributed by atoms with E-state index in [-0.39, 0.29) is 11.7 Å². The maximum Gasteiger partial charge on any atom is 0.250 e. The number of nitrogens with zero attached hydrogens (tertiary/aromatic N) is 3. The molecule has 1 aromatic heterocycles. The predicted molar refractivity (Wildman–Crippen MR) is 127 cm³/mol. The molecule has 31 heavy (non-hydrogen) atoms. The van der Waals surface area contributed by atoms with Crippen molar-refractivity contribution in [3.8, 4) is 11.5 Å². The molecule has 3 rings (SSSR count). The summed E-state index contributed by atoms with van der Waals surface area (Å²) in [7, 11) is 0. The lowest BCUT2D eigenvalue weighted by molar-refractivity contribution is -0.118. The molecule has 0 bridgehead atoms. The summed E-state index contributed by atoms with van der Waals surface area (Å²) in [6.45, 7) is 4.69. The van der Waals surface area contributed by atoms with E-state index in [1.807, 2.05) is 56.3 Å². The Morgan fingerprint density at radius 3 is 2.68 bits per heavy atom. The van der Waals surface area contributed by atoms with Gasteiger partial charge in [-0.3, -0.25) is 4.79 Å². The molecule has 0 unspecified atom stereocenters. The van der Waals surface area contributed by atoms with E-state index in [9.17, 15) is 4.79 Å². The molecular weight excluding hydrogens is 500 g/mol. The number of amides is 1. The molecule has 162 valence electrons. The molecule has 0 fully saturated rings. The summed E-state index contributed by atoms with van der Waals surface area (Å²) < 4.78 is 13.2. The van der Waals surface area contributed by atoms with Crippen LogP contribution in [0.2, 0.25) is 0 Å². The number of carbonyl (C=O) groups excluding carboxylic acids is 1. The van der Waals surface area contributed by atoms with Crippen molar-refractivity contribution >= 4 is 51.2 Å². The van der Waals surface area contributed by atoms with Crippen molar-refractivity contribution in [2.24, 2.45) is 5.10 Å². The second kappa shape index (κ2) is 11.8. The van der Waals surface area contributed by atoms with Crippen molar-refractivity contribution in [3.63, 3.8) is 0 Å². The highest BCUT2D eigenvalue weighted by atomic mass is 79.9. The molecule has 0 aliphatic heterocycles. The molecule has 1 N–H and O–H groups in total. The molecule has 1 heterocycles. The lowest BCUT2D eigenvalue weighted by atomic mass is 10.2. The molecule has 0 saturated heterocycles. The van der Waals surface area contributed by atoms with Crippen LogP contribution in [0.3, 0.4) is 0 Å². The third-order valence-corrected chi connectivity index (χ3v) is 6.29. The maximum atomic E-state index is 12.0. The first-order chi connectivity index (χ1) is 15.0. The van der Waals surface area contributed by atoms with E-state index in [4.69, 9.17) is 9.47 Å². The Morgan fingerprint density at radius 1 is 1.16 bits per heavy atom. The van der Waals surface area contributed by atoms with Crippen LogP contribution in [0, 0.1) is 13.8 Å². The van der Waals surface area contributed by atoms with Crippen LogP contribution in [0.15, 0.2) is 56.4 Å². The van der Waals surface area contributed by atoms with Gasteiger partial charge in [0.2, 0.25) is 0 Å². The van der Waals surface area contributed by atoms with E-state index in [2.05, 4.69) is 36.7 Å². The number of carbonyl (C=O) groups is 1. The van der Waals surface area contributed by atoms with Gasteiger partial charge in [0.1, 0.15) is 29.7 Å². The van der Waals surface area contributed by atoms with Crippen molar-refractivity contribution in [1.82, 2.24) is 15.6 Å². The van der Waals surface area contributed by atoms with Gasteiger partial charge in [0.25, 0.3) is 5.91 Å². The van der Waals surface area contributed by atoms with Crippen LogP contribution >= 0.6 is 39.0 Å². The second-order valence-electron chi connectivity index (χ2n) is 6.36. The van der Waals surface area contributed by atoms with Gasteiger partial charge < -0.3 is 9.47 Å². The van der Waals surface area contributed by atoms with Crippen LogP contribution in [0.1, 0.15) is 16.1 Å². The average molecular weight is 521 g/mol. The maximum absolute atomic E-state index is 12.0. The second-order valence-corrected chi connectivity index (χ2v) is 9.68. The van der Waals surface area contributed by atoms with Gasteiger partial charge in [-0.2, -0.15) is 5.10 Å². The van der Waals surface area contributed by atoms with Gasteiger partial charge in [-0.15, -0.1) is 10.2 Å². The number of aromatic nitrogens is 2. The fraction of sp³-hybridized carbons (Fsp3) is 0.238. The molecule has 0 spiro atoms. The number of nitrogens with one attached hydrogen (secondary N) is 1. The molecule has 0 saturated carbocycles. The van der Waals surface area contributed by atoms with Crippen LogP contribution in [-0.2, 0) is 4.79 Å². The van der Waals surface area contributed by atoms with E-state index in [1.54, 1.807) is 6.21 Å². The van der Waals surface area contributed by atoms with Gasteiger partial charge >= 0.3 is 0 Å². The molecule has 1 amide bonds. The summed E-state index contributed by atoms with van der Waals surface area (Å²) in [5.41, 5.74) is 4.44. The minimum absolute atomic E-state index is 0.212. The van der Waals surface area contributed by atoms with Crippen LogP contribution in [0.25, 0.3) is 0 Å². The SMILES string of the molecule is Cc1ccc(OCCOc2ccc(Br)cc2C=NNC(=O)CSc2nnc(C)s2)cc1. The van der Waals surface area contributed by atoms with Gasteiger partial charge in [0.15, 0.2) is 4.34 Å². The third kappa shape index (κ3) is 7.97. The number of hydrazone groups is 1. The fourth-order valence-corrected chi connectivity index (χ4v) is 4.35. The summed E-state index contributed by atoms with van der Waals surface area (Å²) in [6, 6.07) is 13.5. The molecular formula is C21H21BrN4O3S2. The minimum atomic E-state index is -0.224. The first-order valence-corrected chi connectivity index (χ1v) is 12.0. The minimum Gasteiger partial charge on any atom is -0.490 e. The van der Waals surface area contributed by atoms with Gasteiger partial charge in [-0.25, -0.2) is 5.43 Å². The van der Waals surface area contributed by atoms with Crippen molar-refractivity contribution in [1.29, 1.82) is 0 Å². The first-order valence-electron chi connectivity index (χ1n) is 9.36. The molecule has 7 nitrogen and oxygen atoms in total. The Kier molecular flexibility index (Phi) is 8.86. The molecule has 0 radical (unpaired) electrons. The Bertz CT molecular complexity index is 1040. The van der Waals surface area contributed by atoms with Crippen molar-refractivity contribution in [3.05, 3.63) is 63.1 Å². The standard InChI is InChI=1S/C21H21BrN4O3S2/c1-14-3-6-18(7-4-14)28-9-10-29-19-8-5-17(22)11-16(19)12-23-25-20(27)13-30-21-26-24-15(2)31-21/h3-8,11-12H,9-10,13H2,1-2H3,(H,25,27). The third-order valence-electron chi connectivity index (χ3n) is 3.83. The molecule has 2 aromatic carbocycles. The molecule has 0 aliphatic carbocycles. The van der Waals surface area contributed by atoms with Crippen LogP contribution in [0.4, 0.5) is 0 Å². The van der Waals surface area contributed by atoms with E-state index in [0.717, 1.165) is 25.1 Å². The van der Waals surface area contributed by atoms with Crippen LogP contribution < -0.4 is 14.9 Å². The smallest absolute Gasteiger partial charge is 0.250 e. The number of benzene rings is 2. The number of halogens is 1. The molecule has 10 heteroatoms. The monoisotopic (exact) mass is 520 g/mol. The zero-order valence-electron chi connectivity index (χ0n) is 17.0. The summed E-state index contributed by atoms with van der Waals surface area (Å²) in [6.07, 6.45) is 1.55. The number of hydrogen-bond donors (Lipinski definition) is 1. The number of ether oxygens (including phenoxy) is 2. The summed E-state index contributed by atoms with van der Waals surface area (Å²) in [5.74, 6) is 1.44. The Labute approximate surface area is 197 Å². The summed E-state index contributed by atoms with van der Waals surface area (Å²) in [4.78, 5) is 12.0. The Balaban J connectivity index is 1.47. The first kappa shape index (κ1) is 23.2. The van der Waals surface area contributed by atoms with Crippen LogP contribution in [0.5, 0.6) is 11.5 Å². The van der Waals surface area contributed by atoms with Crippen molar-refractivity contribution in [2.75, 3.05) is 19.0 Å². The normalized spacial score (nSPS) is 10.9. The van der Waals surface area contributed by atoms with Gasteiger partial charge in [0.05, 0.1) is 12.0 Å². The topological polar surface area (TPSA) is 85.7 Å². The molecule has 0 aliphatic rings. The van der Waals surface area contributed by atoms with E-state index in [0.29, 0.717) is 19.0 Å². The zero-order chi connectivity index (χ0) is 22.1. The Morgan fingerprint density at radius 2 is 1.94 bits per heavy atom. The number of aryl methyl sites for hydroxylation is 2. The summed E-state index contributed by atoms with van der Waals surface area (Å²) >= 11 is 6.22. The summed E-state index contributed by atoms with van der Waals surface area (Å²) in [5, 5.41) is 12.8. The Hall–Kier alpha value is -2.43. The van der Waals surface area contributed by atoms with E-state index in [1.165, 1.54) is 28.7 Å². The lowest BCUT2D eigenvalue weighted by Gasteiger charge is -2.11. The van der Waals surface area contributed by atoms with Gasteiger partial charge in [-0.05, 0) is 44.2 Å². The zero-order valence-corrected chi connectivity index (χ0v) is 20.2. The molecule has 3 aromatic rings. The highest BCUT2D eigenvalue weighted by Crippen LogP contribution is 2.23. The number of thioether (sulfide) groups is 1. The van der Waals surface area contributed by atoms with E-state index >= 15 is 0 Å². The van der Waals surface area contributed by atoms with Crippen LogP contribution in [-0.4, -0.2) is 41.3 Å². The lowest BCUT2D eigenvalue weighted by Crippen LogP contribution is -2.19. The van der Waals surface area contributed by atoms with Crippen molar-refractivity contribution in [2.45, 2.75) is 18.2 Å². The fourth-order valence-electron chi connectivity index (χ4n) is 2.37. The van der Waals surface area contributed by atoms with Crippen molar-refractivity contribution < 1.29 is 14.3 Å². The van der Waals surface area contributed by atoms with E-state index < -0.39 is 0 Å². The number of rotatable bonds is 10.